The Kier molecular flexibility index (Phi) is 5.23. The summed E-state index contributed by atoms with van der Waals surface area (Å²) in [6.07, 6.45) is 2.81. The molecule has 1 N–H and O–H groups in total. The molecule has 0 saturated heterocycles. The van der Waals surface area contributed by atoms with Crippen LogP contribution in [0.1, 0.15) is 16.8 Å². The predicted octanol–water partition coefficient (Wildman–Crippen LogP) is 4.44. The quantitative estimate of drug-likeness (QED) is 0.709. The third-order valence-electron chi connectivity index (χ3n) is 4.72. The molecule has 27 heavy (non-hydrogen) atoms. The summed E-state index contributed by atoms with van der Waals surface area (Å²) < 4.78 is 5.37. The summed E-state index contributed by atoms with van der Waals surface area (Å²) in [6.45, 7) is 2.61. The van der Waals surface area contributed by atoms with Gasteiger partial charge in [0.25, 0.3) is 0 Å². The molecule has 2 heterocycles. The molecule has 6 heteroatoms. The van der Waals surface area contributed by atoms with Gasteiger partial charge in [-0.15, -0.1) is 0 Å². The summed E-state index contributed by atoms with van der Waals surface area (Å²) in [5, 5.41) is 4.07. The lowest BCUT2D eigenvalue weighted by Gasteiger charge is -2.28. The zero-order valence-corrected chi connectivity index (χ0v) is 15.9. The SMILES string of the molecule is COc1ccccc1Nc1ncc2c(n1)CCN(Cc1ccccc1Cl)C2. The minimum atomic E-state index is 0.595. The van der Waals surface area contributed by atoms with E-state index in [1.54, 1.807) is 7.11 Å². The van der Waals surface area contributed by atoms with Crippen LogP contribution in [0.25, 0.3) is 0 Å². The standard InChI is InChI=1S/C21H21ClN4O/c1-27-20-9-5-4-8-19(20)25-21-23-12-16-14-26(11-10-18(16)24-21)13-15-6-2-3-7-17(15)22/h2-9,12H,10-11,13-14H2,1H3,(H,23,24,25). The molecule has 5 nitrogen and oxygen atoms in total. The van der Waals surface area contributed by atoms with Crippen molar-refractivity contribution in [1.29, 1.82) is 0 Å². The van der Waals surface area contributed by atoms with Crippen molar-refractivity contribution in [1.82, 2.24) is 14.9 Å². The first-order valence-electron chi connectivity index (χ1n) is 8.93. The van der Waals surface area contributed by atoms with Crippen molar-refractivity contribution in [3.63, 3.8) is 0 Å². The van der Waals surface area contributed by atoms with Crippen molar-refractivity contribution in [3.8, 4) is 5.75 Å². The van der Waals surface area contributed by atoms with Crippen LogP contribution in [0.3, 0.4) is 0 Å². The van der Waals surface area contributed by atoms with Gasteiger partial charge in [0.15, 0.2) is 0 Å². The monoisotopic (exact) mass is 380 g/mol. The van der Waals surface area contributed by atoms with Crippen molar-refractivity contribution in [2.45, 2.75) is 19.5 Å². The molecule has 0 aliphatic carbocycles. The van der Waals surface area contributed by atoms with Gasteiger partial charge < -0.3 is 10.1 Å². The average molecular weight is 381 g/mol. The van der Waals surface area contributed by atoms with E-state index in [4.69, 9.17) is 21.3 Å². The molecule has 2 aromatic carbocycles. The molecule has 1 aromatic heterocycles. The van der Waals surface area contributed by atoms with Crippen molar-refractivity contribution in [3.05, 3.63) is 76.6 Å². The predicted molar refractivity (Wildman–Crippen MR) is 108 cm³/mol. The van der Waals surface area contributed by atoms with Gasteiger partial charge in [-0.1, -0.05) is 41.9 Å². The second-order valence-corrected chi connectivity index (χ2v) is 6.95. The molecule has 0 bridgehead atoms. The van der Waals surface area contributed by atoms with Gasteiger partial charge in [0, 0.05) is 42.8 Å². The maximum atomic E-state index is 6.30. The Bertz CT molecular complexity index is 947. The molecule has 0 amide bonds. The van der Waals surface area contributed by atoms with Gasteiger partial charge >= 0.3 is 0 Å². The largest absolute Gasteiger partial charge is 0.495 e. The van der Waals surface area contributed by atoms with Gasteiger partial charge in [0.2, 0.25) is 5.95 Å². The fraction of sp³-hybridized carbons (Fsp3) is 0.238. The topological polar surface area (TPSA) is 50.3 Å². The fourth-order valence-electron chi connectivity index (χ4n) is 3.31. The highest BCUT2D eigenvalue weighted by Crippen LogP contribution is 2.27. The van der Waals surface area contributed by atoms with Gasteiger partial charge in [-0.05, 0) is 23.8 Å². The lowest BCUT2D eigenvalue weighted by atomic mass is 10.1. The van der Waals surface area contributed by atoms with E-state index >= 15 is 0 Å². The van der Waals surface area contributed by atoms with Crippen molar-refractivity contribution >= 4 is 23.2 Å². The maximum Gasteiger partial charge on any atom is 0.227 e. The highest BCUT2D eigenvalue weighted by molar-refractivity contribution is 6.31. The number of aromatic nitrogens is 2. The third kappa shape index (κ3) is 4.04. The molecule has 0 saturated carbocycles. The number of nitrogens with one attached hydrogen (secondary N) is 1. The summed E-state index contributed by atoms with van der Waals surface area (Å²) in [5.74, 6) is 1.36. The molecule has 0 unspecified atom stereocenters. The van der Waals surface area contributed by atoms with E-state index in [1.807, 2.05) is 48.7 Å². The smallest absolute Gasteiger partial charge is 0.227 e. The molecule has 0 fully saturated rings. The number of hydrogen-bond acceptors (Lipinski definition) is 5. The number of fused-ring (bicyclic) bond motifs is 1. The molecule has 1 aliphatic heterocycles. The van der Waals surface area contributed by atoms with Gasteiger partial charge in [0.1, 0.15) is 5.75 Å². The summed E-state index contributed by atoms with van der Waals surface area (Å²) in [4.78, 5) is 11.6. The number of para-hydroxylation sites is 2. The first-order valence-corrected chi connectivity index (χ1v) is 9.31. The Balaban J connectivity index is 1.47. The second kappa shape index (κ2) is 7.94. The first-order chi connectivity index (χ1) is 13.2. The summed E-state index contributed by atoms with van der Waals surface area (Å²) in [5.41, 5.74) is 4.27. The molecule has 1 aliphatic rings. The van der Waals surface area contributed by atoms with Gasteiger partial charge in [-0.3, -0.25) is 4.90 Å². The van der Waals surface area contributed by atoms with E-state index in [1.165, 1.54) is 5.56 Å². The fourth-order valence-corrected chi connectivity index (χ4v) is 3.50. The third-order valence-corrected chi connectivity index (χ3v) is 5.09. The van der Waals surface area contributed by atoms with E-state index in [-0.39, 0.29) is 0 Å². The Hall–Kier alpha value is -2.63. The van der Waals surface area contributed by atoms with Crippen LogP contribution >= 0.6 is 11.6 Å². The van der Waals surface area contributed by atoms with Crippen LogP contribution < -0.4 is 10.1 Å². The van der Waals surface area contributed by atoms with Crippen LogP contribution in [0, 0.1) is 0 Å². The number of hydrogen-bond donors (Lipinski definition) is 1. The maximum absolute atomic E-state index is 6.30. The Morgan fingerprint density at radius 3 is 2.81 bits per heavy atom. The first kappa shape index (κ1) is 17.8. The highest BCUT2D eigenvalue weighted by atomic mass is 35.5. The molecular weight excluding hydrogens is 360 g/mol. The summed E-state index contributed by atoms with van der Waals surface area (Å²) in [6, 6.07) is 15.8. The normalized spacial score (nSPS) is 13.9. The van der Waals surface area contributed by atoms with Gasteiger partial charge in [-0.2, -0.15) is 0 Å². The minimum absolute atomic E-state index is 0.595. The second-order valence-electron chi connectivity index (χ2n) is 6.54. The van der Waals surface area contributed by atoms with Crippen molar-refractivity contribution < 1.29 is 4.74 Å². The van der Waals surface area contributed by atoms with Gasteiger partial charge in [0.05, 0.1) is 18.5 Å². The molecule has 0 radical (unpaired) electrons. The van der Waals surface area contributed by atoms with Crippen molar-refractivity contribution in [2.75, 3.05) is 19.0 Å². The van der Waals surface area contributed by atoms with Crippen LogP contribution in [0.4, 0.5) is 11.6 Å². The number of halogens is 1. The van der Waals surface area contributed by atoms with E-state index in [0.29, 0.717) is 5.95 Å². The number of methoxy groups -OCH3 is 1. The molecule has 0 spiro atoms. The zero-order valence-electron chi connectivity index (χ0n) is 15.2. The van der Waals surface area contributed by atoms with E-state index in [9.17, 15) is 0 Å². The van der Waals surface area contributed by atoms with Gasteiger partial charge in [-0.25, -0.2) is 9.97 Å². The van der Waals surface area contributed by atoms with Crippen molar-refractivity contribution in [2.24, 2.45) is 0 Å². The number of rotatable bonds is 5. The molecule has 0 atom stereocenters. The molecule has 138 valence electrons. The van der Waals surface area contributed by atoms with Crippen LogP contribution in [-0.2, 0) is 19.5 Å². The van der Waals surface area contributed by atoms with Crippen LogP contribution in [0.2, 0.25) is 5.02 Å². The summed E-state index contributed by atoms with van der Waals surface area (Å²) in [7, 11) is 1.65. The Morgan fingerprint density at radius 1 is 1.15 bits per heavy atom. The minimum Gasteiger partial charge on any atom is -0.495 e. The highest BCUT2D eigenvalue weighted by Gasteiger charge is 2.19. The molecular formula is C21H21ClN4O. The van der Waals surface area contributed by atoms with E-state index in [2.05, 4.69) is 21.3 Å². The number of benzene rings is 2. The average Bonchev–Trinajstić information content (AvgIpc) is 2.70. The number of ether oxygens (including phenoxy) is 1. The lowest BCUT2D eigenvalue weighted by Crippen LogP contribution is -2.31. The van der Waals surface area contributed by atoms with Crippen LogP contribution in [0.5, 0.6) is 5.75 Å². The van der Waals surface area contributed by atoms with E-state index < -0.39 is 0 Å². The molecule has 3 aromatic rings. The summed E-state index contributed by atoms with van der Waals surface area (Å²) >= 11 is 6.30. The Morgan fingerprint density at radius 2 is 1.96 bits per heavy atom. The lowest BCUT2D eigenvalue weighted by molar-refractivity contribution is 0.243. The zero-order chi connectivity index (χ0) is 18.6. The van der Waals surface area contributed by atoms with E-state index in [0.717, 1.165) is 53.8 Å². The molecule has 4 rings (SSSR count). The van der Waals surface area contributed by atoms with Crippen LogP contribution in [0.15, 0.2) is 54.7 Å². The van der Waals surface area contributed by atoms with Crippen LogP contribution in [-0.4, -0.2) is 28.5 Å². The Labute approximate surface area is 164 Å². The number of anilines is 2. The number of nitrogens with zero attached hydrogens (tertiary/aromatic N) is 3.